The van der Waals surface area contributed by atoms with Crippen molar-refractivity contribution in [1.29, 1.82) is 0 Å². The molecule has 0 atom stereocenters. The predicted molar refractivity (Wildman–Crippen MR) is 296 cm³/mol. The van der Waals surface area contributed by atoms with E-state index < -0.39 is 0 Å². The van der Waals surface area contributed by atoms with Crippen molar-refractivity contribution in [2.45, 2.75) is 260 Å². The lowest BCUT2D eigenvalue weighted by Gasteiger charge is -2.28. The van der Waals surface area contributed by atoms with Gasteiger partial charge in [-0.25, -0.2) is 9.59 Å². The fourth-order valence-corrected chi connectivity index (χ4v) is 9.04. The van der Waals surface area contributed by atoms with Gasteiger partial charge in [-0.15, -0.1) is 0 Å². The minimum absolute atomic E-state index is 0.124. The standard InChI is InChI=1S/C59H116N4O8/c1-8-15-20-25-27-34-43-62(45-36-32-41-56(64)68-51-38-29-22-17-10-3)58(66)69-52-49-61(48-47-60(13-6)14-7)50-53-70-59(67)63(44-35-28-26-21-16-9-2)46-37-33-42-57(65)71-54-55(39-30-23-18-11-4)40-31-24-19-12-5/h55H,8-54H2,1-7H3. The average Bonchev–Trinajstić information content (AvgIpc) is 3.37. The van der Waals surface area contributed by atoms with Gasteiger partial charge < -0.3 is 33.6 Å². The van der Waals surface area contributed by atoms with Crippen LogP contribution in [0.2, 0.25) is 0 Å². The summed E-state index contributed by atoms with van der Waals surface area (Å²) >= 11 is 0. The van der Waals surface area contributed by atoms with Crippen LogP contribution in [0.4, 0.5) is 9.59 Å². The Labute approximate surface area is 438 Å². The van der Waals surface area contributed by atoms with Crippen LogP contribution in [0.3, 0.4) is 0 Å². The molecular formula is C59H116N4O8. The van der Waals surface area contributed by atoms with E-state index in [-0.39, 0.29) is 37.3 Å². The van der Waals surface area contributed by atoms with Gasteiger partial charge in [0.15, 0.2) is 0 Å². The van der Waals surface area contributed by atoms with Crippen LogP contribution in [0.15, 0.2) is 0 Å². The lowest BCUT2D eigenvalue weighted by atomic mass is 9.95. The number of hydrogen-bond acceptors (Lipinski definition) is 10. The fourth-order valence-electron chi connectivity index (χ4n) is 9.04. The molecule has 0 aliphatic heterocycles. The summed E-state index contributed by atoms with van der Waals surface area (Å²) in [6.07, 6.45) is 34.4. The first-order chi connectivity index (χ1) is 34.7. The third kappa shape index (κ3) is 43.5. The SMILES string of the molecule is CCCCCCCCN(CCCCC(=O)OCCCCCCC)C(=O)OCCN(CCOC(=O)N(CCCCCCCC)CCCCC(=O)OCC(CCCCCC)CCCCCC)CCN(CC)CC. The highest BCUT2D eigenvalue weighted by Crippen LogP contribution is 2.20. The third-order valence-corrected chi connectivity index (χ3v) is 14.0. The number of esters is 2. The van der Waals surface area contributed by atoms with Gasteiger partial charge in [0.1, 0.15) is 13.2 Å². The lowest BCUT2D eigenvalue weighted by molar-refractivity contribution is -0.145. The van der Waals surface area contributed by atoms with Crippen LogP contribution in [0.5, 0.6) is 0 Å². The number of ether oxygens (including phenoxy) is 4. The van der Waals surface area contributed by atoms with E-state index in [1.54, 1.807) is 0 Å². The smallest absolute Gasteiger partial charge is 0.409 e. The molecule has 0 aromatic carbocycles. The largest absolute Gasteiger partial charge is 0.466 e. The minimum Gasteiger partial charge on any atom is -0.466 e. The molecule has 0 spiro atoms. The van der Waals surface area contributed by atoms with Gasteiger partial charge in [0.2, 0.25) is 0 Å². The summed E-state index contributed by atoms with van der Waals surface area (Å²) in [7, 11) is 0. The van der Waals surface area contributed by atoms with Gasteiger partial charge >= 0.3 is 24.1 Å². The molecule has 0 aliphatic rings. The van der Waals surface area contributed by atoms with Crippen LogP contribution in [0.25, 0.3) is 0 Å². The molecule has 0 saturated carbocycles. The highest BCUT2D eigenvalue weighted by Gasteiger charge is 2.19. The molecule has 0 fully saturated rings. The Morgan fingerprint density at radius 3 is 1.10 bits per heavy atom. The molecule has 0 radical (unpaired) electrons. The van der Waals surface area contributed by atoms with Crippen LogP contribution in [-0.2, 0) is 28.5 Å². The number of rotatable bonds is 53. The van der Waals surface area contributed by atoms with Crippen LogP contribution in [-0.4, -0.2) is 136 Å². The van der Waals surface area contributed by atoms with Crippen LogP contribution < -0.4 is 0 Å². The van der Waals surface area contributed by atoms with Gasteiger partial charge in [-0.3, -0.25) is 14.5 Å². The van der Waals surface area contributed by atoms with Crippen LogP contribution in [0.1, 0.15) is 260 Å². The van der Waals surface area contributed by atoms with E-state index in [2.05, 4.69) is 58.3 Å². The number of likely N-dealkylation sites (N-methyl/N-ethyl adjacent to an activating group) is 1. The van der Waals surface area contributed by atoms with Crippen molar-refractivity contribution < 1.29 is 38.1 Å². The zero-order chi connectivity index (χ0) is 52.3. The Morgan fingerprint density at radius 1 is 0.324 bits per heavy atom. The quantitative estimate of drug-likeness (QED) is 0.0331. The fraction of sp³-hybridized carbons (Fsp3) is 0.932. The summed E-state index contributed by atoms with van der Waals surface area (Å²) in [6, 6.07) is 0. The Kier molecular flexibility index (Phi) is 50.4. The van der Waals surface area contributed by atoms with E-state index in [0.717, 1.165) is 90.4 Å². The second kappa shape index (κ2) is 52.3. The predicted octanol–water partition coefficient (Wildman–Crippen LogP) is 15.2. The maximum Gasteiger partial charge on any atom is 0.409 e. The van der Waals surface area contributed by atoms with E-state index in [1.165, 1.54) is 122 Å². The van der Waals surface area contributed by atoms with Gasteiger partial charge in [0.05, 0.1) is 13.2 Å². The Hall–Kier alpha value is -2.60. The zero-order valence-corrected chi connectivity index (χ0v) is 47.9. The zero-order valence-electron chi connectivity index (χ0n) is 47.9. The van der Waals surface area contributed by atoms with Gasteiger partial charge in [-0.05, 0) is 76.8 Å². The van der Waals surface area contributed by atoms with Crippen LogP contribution >= 0.6 is 0 Å². The molecule has 12 heteroatoms. The Bertz CT molecular complexity index is 1190. The molecule has 12 nitrogen and oxygen atoms in total. The normalized spacial score (nSPS) is 11.5. The molecule has 420 valence electrons. The first-order valence-corrected chi connectivity index (χ1v) is 30.3. The summed E-state index contributed by atoms with van der Waals surface area (Å²) in [5.41, 5.74) is 0. The average molecular weight is 1010 g/mol. The van der Waals surface area contributed by atoms with Gasteiger partial charge in [-0.2, -0.15) is 0 Å². The maximum absolute atomic E-state index is 13.7. The molecule has 0 rings (SSSR count). The first-order valence-electron chi connectivity index (χ1n) is 30.3. The van der Waals surface area contributed by atoms with Crippen LogP contribution in [0, 0.1) is 5.92 Å². The minimum atomic E-state index is -0.304. The van der Waals surface area contributed by atoms with Gasteiger partial charge in [-0.1, -0.05) is 190 Å². The molecule has 0 heterocycles. The highest BCUT2D eigenvalue weighted by molar-refractivity contribution is 5.70. The van der Waals surface area contributed by atoms with E-state index in [0.29, 0.717) is 84.1 Å². The van der Waals surface area contributed by atoms with Crippen molar-refractivity contribution in [2.24, 2.45) is 5.92 Å². The molecule has 0 N–H and O–H groups in total. The van der Waals surface area contributed by atoms with Crippen molar-refractivity contribution in [2.75, 3.05) is 91.9 Å². The molecule has 0 bridgehead atoms. The summed E-state index contributed by atoms with van der Waals surface area (Å²) in [4.78, 5) is 60.8. The topological polar surface area (TPSA) is 118 Å². The molecule has 0 aliphatic carbocycles. The van der Waals surface area contributed by atoms with Gasteiger partial charge in [0.25, 0.3) is 0 Å². The second-order valence-electron chi connectivity index (χ2n) is 20.4. The molecule has 0 unspecified atom stereocenters. The monoisotopic (exact) mass is 1010 g/mol. The molecule has 0 aromatic heterocycles. The van der Waals surface area contributed by atoms with Crippen molar-refractivity contribution >= 4 is 24.1 Å². The number of nitrogens with zero attached hydrogens (tertiary/aromatic N) is 4. The molecule has 0 saturated heterocycles. The Morgan fingerprint density at radius 2 is 0.676 bits per heavy atom. The molecular weight excluding hydrogens is 893 g/mol. The summed E-state index contributed by atoms with van der Waals surface area (Å²) in [6.45, 7) is 24.0. The summed E-state index contributed by atoms with van der Waals surface area (Å²) < 4.78 is 23.2. The van der Waals surface area contributed by atoms with Crippen molar-refractivity contribution in [3.05, 3.63) is 0 Å². The number of unbranched alkanes of at least 4 members (excludes halogenated alkanes) is 22. The van der Waals surface area contributed by atoms with Crippen molar-refractivity contribution in [3.8, 4) is 0 Å². The van der Waals surface area contributed by atoms with Crippen molar-refractivity contribution in [1.82, 2.24) is 19.6 Å². The van der Waals surface area contributed by atoms with E-state index in [4.69, 9.17) is 18.9 Å². The van der Waals surface area contributed by atoms with Gasteiger partial charge in [0, 0.05) is 65.2 Å². The lowest BCUT2D eigenvalue weighted by Crippen LogP contribution is -2.41. The van der Waals surface area contributed by atoms with E-state index >= 15 is 0 Å². The van der Waals surface area contributed by atoms with E-state index in [9.17, 15) is 19.2 Å². The summed E-state index contributed by atoms with van der Waals surface area (Å²) in [5, 5.41) is 0. The second-order valence-corrected chi connectivity index (χ2v) is 20.4. The van der Waals surface area contributed by atoms with E-state index in [1.807, 2.05) is 9.80 Å². The molecule has 0 aromatic rings. The number of amides is 2. The molecule has 2 amide bonds. The van der Waals surface area contributed by atoms with Crippen molar-refractivity contribution in [3.63, 3.8) is 0 Å². The number of hydrogen-bond donors (Lipinski definition) is 0. The number of carbonyl (C=O) groups is 4. The Balaban J connectivity index is 5.40. The third-order valence-electron chi connectivity index (χ3n) is 14.0. The maximum atomic E-state index is 13.7. The summed E-state index contributed by atoms with van der Waals surface area (Å²) in [5.74, 6) is 0.171. The molecule has 71 heavy (non-hydrogen) atoms. The number of carbonyl (C=O) groups excluding carboxylic acids is 4. The highest BCUT2D eigenvalue weighted by atomic mass is 16.6. The first kappa shape index (κ1) is 68.4.